The number of rotatable bonds is 5. The Balaban J connectivity index is 4.49. The number of ether oxygens (including phenoxy) is 1. The standard InChI is InChI=1S/C10H16O4/c1-5-14-9(13)8(12)10(3,4)6-7(2)11/h5-6H2,1-4H3. The average molecular weight is 200 g/mol. The van der Waals surface area contributed by atoms with Gasteiger partial charge in [0.1, 0.15) is 5.78 Å². The van der Waals surface area contributed by atoms with Crippen LogP contribution in [0.4, 0.5) is 0 Å². The SMILES string of the molecule is CCOC(=O)C(=O)C(C)(C)CC(C)=O. The van der Waals surface area contributed by atoms with Gasteiger partial charge in [-0.1, -0.05) is 13.8 Å². The van der Waals surface area contributed by atoms with Crippen LogP contribution in [0.2, 0.25) is 0 Å². The molecule has 14 heavy (non-hydrogen) atoms. The molecule has 80 valence electrons. The van der Waals surface area contributed by atoms with Crippen molar-refractivity contribution in [2.45, 2.75) is 34.1 Å². The molecule has 0 atom stereocenters. The highest BCUT2D eigenvalue weighted by Gasteiger charge is 2.35. The van der Waals surface area contributed by atoms with E-state index in [1.807, 2.05) is 0 Å². The summed E-state index contributed by atoms with van der Waals surface area (Å²) >= 11 is 0. The molecule has 0 aromatic rings. The summed E-state index contributed by atoms with van der Waals surface area (Å²) in [6.45, 7) is 6.31. The third kappa shape index (κ3) is 3.68. The van der Waals surface area contributed by atoms with Crippen LogP contribution in [0.25, 0.3) is 0 Å². The molecule has 0 fully saturated rings. The number of esters is 1. The van der Waals surface area contributed by atoms with E-state index in [1.54, 1.807) is 20.8 Å². The summed E-state index contributed by atoms with van der Waals surface area (Å²) in [6, 6.07) is 0. The number of ketones is 2. The first-order chi connectivity index (χ1) is 6.31. The zero-order valence-electron chi connectivity index (χ0n) is 9.05. The Labute approximate surface area is 83.6 Å². The first-order valence-corrected chi connectivity index (χ1v) is 4.52. The molecule has 0 aromatic carbocycles. The zero-order chi connectivity index (χ0) is 11.4. The van der Waals surface area contributed by atoms with Gasteiger partial charge in [0.05, 0.1) is 6.61 Å². The van der Waals surface area contributed by atoms with E-state index < -0.39 is 17.2 Å². The van der Waals surface area contributed by atoms with Gasteiger partial charge in [-0.05, 0) is 13.8 Å². The third-order valence-corrected chi connectivity index (χ3v) is 1.77. The van der Waals surface area contributed by atoms with E-state index in [1.165, 1.54) is 6.92 Å². The molecule has 0 aliphatic rings. The molecule has 4 nitrogen and oxygen atoms in total. The van der Waals surface area contributed by atoms with Gasteiger partial charge in [-0.3, -0.25) is 9.59 Å². The lowest BCUT2D eigenvalue weighted by Crippen LogP contribution is -2.34. The quantitative estimate of drug-likeness (QED) is 0.493. The zero-order valence-corrected chi connectivity index (χ0v) is 9.05. The number of Topliss-reactive ketones (excluding diaryl/α,β-unsaturated/α-hetero) is 2. The van der Waals surface area contributed by atoms with Crippen molar-refractivity contribution >= 4 is 17.5 Å². The fraction of sp³-hybridized carbons (Fsp3) is 0.700. The van der Waals surface area contributed by atoms with Crippen LogP contribution in [0.5, 0.6) is 0 Å². The normalized spacial score (nSPS) is 10.9. The van der Waals surface area contributed by atoms with E-state index in [9.17, 15) is 14.4 Å². The van der Waals surface area contributed by atoms with Gasteiger partial charge in [0.15, 0.2) is 0 Å². The summed E-state index contributed by atoms with van der Waals surface area (Å²) < 4.78 is 4.57. The number of hydrogen-bond donors (Lipinski definition) is 0. The molecule has 0 unspecified atom stereocenters. The summed E-state index contributed by atoms with van der Waals surface area (Å²) in [4.78, 5) is 33.4. The van der Waals surface area contributed by atoms with E-state index in [0.717, 1.165) is 0 Å². The maximum absolute atomic E-state index is 11.5. The van der Waals surface area contributed by atoms with Crippen LogP contribution >= 0.6 is 0 Å². The number of hydrogen-bond acceptors (Lipinski definition) is 4. The molecular formula is C10H16O4. The van der Waals surface area contributed by atoms with Crippen molar-refractivity contribution < 1.29 is 19.1 Å². The van der Waals surface area contributed by atoms with Gasteiger partial charge < -0.3 is 4.74 Å². The van der Waals surface area contributed by atoms with Crippen LogP contribution in [0.15, 0.2) is 0 Å². The van der Waals surface area contributed by atoms with Crippen LogP contribution in [-0.2, 0) is 19.1 Å². The van der Waals surface area contributed by atoms with Crippen molar-refractivity contribution in [2.24, 2.45) is 5.41 Å². The van der Waals surface area contributed by atoms with E-state index >= 15 is 0 Å². The second kappa shape index (κ2) is 4.88. The molecule has 0 saturated carbocycles. The molecule has 0 aliphatic carbocycles. The second-order valence-electron chi connectivity index (χ2n) is 3.81. The summed E-state index contributed by atoms with van der Waals surface area (Å²) in [6.07, 6.45) is 0.0602. The Morgan fingerprint density at radius 3 is 2.07 bits per heavy atom. The molecule has 0 heterocycles. The van der Waals surface area contributed by atoms with E-state index in [-0.39, 0.29) is 18.8 Å². The summed E-state index contributed by atoms with van der Waals surface area (Å²) in [5, 5.41) is 0. The third-order valence-electron chi connectivity index (χ3n) is 1.77. The summed E-state index contributed by atoms with van der Waals surface area (Å²) in [5.41, 5.74) is -0.960. The van der Waals surface area contributed by atoms with E-state index in [0.29, 0.717) is 0 Å². The molecule has 4 heteroatoms. The first-order valence-electron chi connectivity index (χ1n) is 4.52. The van der Waals surface area contributed by atoms with E-state index in [2.05, 4.69) is 4.74 Å². The lowest BCUT2D eigenvalue weighted by molar-refractivity contribution is -0.158. The predicted octanol–water partition coefficient (Wildman–Crippen LogP) is 1.12. The highest BCUT2D eigenvalue weighted by atomic mass is 16.5. The van der Waals surface area contributed by atoms with Gasteiger partial charge in [0, 0.05) is 11.8 Å². The smallest absolute Gasteiger partial charge is 0.375 e. The molecule has 0 rings (SSSR count). The minimum atomic E-state index is -0.960. The molecule has 0 bridgehead atoms. The van der Waals surface area contributed by atoms with Crippen molar-refractivity contribution in [1.29, 1.82) is 0 Å². The largest absolute Gasteiger partial charge is 0.460 e. The molecule has 0 spiro atoms. The second-order valence-corrected chi connectivity index (χ2v) is 3.81. The Hall–Kier alpha value is -1.19. The molecule has 0 N–H and O–H groups in total. The van der Waals surface area contributed by atoms with Gasteiger partial charge >= 0.3 is 5.97 Å². The molecule has 0 aliphatic heterocycles. The van der Waals surface area contributed by atoms with Crippen molar-refractivity contribution in [3.8, 4) is 0 Å². The number of carbonyl (C=O) groups is 3. The lowest BCUT2D eigenvalue weighted by Gasteiger charge is -2.19. The van der Waals surface area contributed by atoms with Gasteiger partial charge in [0.25, 0.3) is 0 Å². The molecule has 0 aromatic heterocycles. The molecule has 0 amide bonds. The van der Waals surface area contributed by atoms with Gasteiger partial charge in [-0.2, -0.15) is 0 Å². The van der Waals surface area contributed by atoms with Gasteiger partial charge in [0.2, 0.25) is 5.78 Å². The van der Waals surface area contributed by atoms with Gasteiger partial charge in [-0.15, -0.1) is 0 Å². The monoisotopic (exact) mass is 200 g/mol. The Kier molecular flexibility index (Phi) is 4.47. The van der Waals surface area contributed by atoms with Crippen LogP contribution in [0.1, 0.15) is 34.1 Å². The Morgan fingerprint density at radius 1 is 1.21 bits per heavy atom. The Bertz CT molecular complexity index is 253. The van der Waals surface area contributed by atoms with E-state index in [4.69, 9.17) is 0 Å². The van der Waals surface area contributed by atoms with Crippen LogP contribution < -0.4 is 0 Å². The van der Waals surface area contributed by atoms with Crippen molar-refractivity contribution in [2.75, 3.05) is 6.61 Å². The van der Waals surface area contributed by atoms with Gasteiger partial charge in [-0.25, -0.2) is 4.79 Å². The highest BCUT2D eigenvalue weighted by molar-refractivity contribution is 6.35. The van der Waals surface area contributed by atoms with Crippen molar-refractivity contribution in [3.05, 3.63) is 0 Å². The maximum atomic E-state index is 11.5. The fourth-order valence-electron chi connectivity index (χ4n) is 1.18. The fourth-order valence-corrected chi connectivity index (χ4v) is 1.18. The minimum Gasteiger partial charge on any atom is -0.460 e. The topological polar surface area (TPSA) is 60.4 Å². The molecule has 0 radical (unpaired) electrons. The van der Waals surface area contributed by atoms with Crippen LogP contribution in [0, 0.1) is 5.41 Å². The summed E-state index contributed by atoms with van der Waals surface area (Å²) in [5.74, 6) is -1.62. The summed E-state index contributed by atoms with van der Waals surface area (Å²) in [7, 11) is 0. The molecule has 0 saturated heterocycles. The van der Waals surface area contributed by atoms with Crippen molar-refractivity contribution in [3.63, 3.8) is 0 Å². The molecular weight excluding hydrogens is 184 g/mol. The van der Waals surface area contributed by atoms with Crippen LogP contribution in [-0.4, -0.2) is 24.1 Å². The van der Waals surface area contributed by atoms with Crippen molar-refractivity contribution in [1.82, 2.24) is 0 Å². The average Bonchev–Trinajstić information content (AvgIpc) is 2.01. The maximum Gasteiger partial charge on any atom is 0.375 e. The first kappa shape index (κ1) is 12.8. The number of carbonyl (C=O) groups excluding carboxylic acids is 3. The highest BCUT2D eigenvalue weighted by Crippen LogP contribution is 2.22. The predicted molar refractivity (Wildman–Crippen MR) is 50.7 cm³/mol. The Morgan fingerprint density at radius 2 is 1.71 bits per heavy atom. The minimum absolute atomic E-state index is 0.0602. The van der Waals surface area contributed by atoms with Crippen LogP contribution in [0.3, 0.4) is 0 Å². The lowest BCUT2D eigenvalue weighted by atomic mass is 9.83.